The molecule has 1 atom stereocenters. The van der Waals surface area contributed by atoms with Crippen LogP contribution in [0.25, 0.3) is 0 Å². The third kappa shape index (κ3) is 6.22. The van der Waals surface area contributed by atoms with Crippen LogP contribution < -0.4 is 0 Å². The van der Waals surface area contributed by atoms with Crippen LogP contribution in [-0.4, -0.2) is 22.2 Å². The van der Waals surface area contributed by atoms with E-state index >= 15 is 0 Å². The molecule has 0 aromatic rings. The fourth-order valence-electron chi connectivity index (χ4n) is 1.40. The van der Waals surface area contributed by atoms with E-state index in [1.54, 1.807) is 0 Å². The van der Waals surface area contributed by atoms with Gasteiger partial charge in [0.2, 0.25) is 0 Å². The van der Waals surface area contributed by atoms with Crippen LogP contribution in [0.3, 0.4) is 0 Å². The van der Waals surface area contributed by atoms with Crippen LogP contribution in [0.5, 0.6) is 0 Å². The van der Waals surface area contributed by atoms with Gasteiger partial charge in [-0.15, -0.1) is 0 Å². The summed E-state index contributed by atoms with van der Waals surface area (Å²) in [6.45, 7) is 5.57. The first-order valence-corrected chi connectivity index (χ1v) is 5.49. The van der Waals surface area contributed by atoms with E-state index in [1.165, 1.54) is 13.0 Å². The first-order chi connectivity index (χ1) is 7.34. The summed E-state index contributed by atoms with van der Waals surface area (Å²) in [4.78, 5) is 21.5. The first kappa shape index (κ1) is 14.7. The molecule has 0 fully saturated rings. The van der Waals surface area contributed by atoms with Crippen LogP contribution in [0.1, 0.15) is 40.0 Å². The second kappa shape index (κ2) is 7.04. The van der Waals surface area contributed by atoms with E-state index in [1.807, 2.05) is 0 Å². The topological polar surface area (TPSA) is 74.6 Å². The predicted molar refractivity (Wildman–Crippen MR) is 61.2 cm³/mol. The lowest BCUT2D eigenvalue weighted by atomic mass is 9.96. The zero-order valence-electron chi connectivity index (χ0n) is 10.1. The van der Waals surface area contributed by atoms with Gasteiger partial charge in [-0.3, -0.25) is 4.79 Å². The summed E-state index contributed by atoms with van der Waals surface area (Å²) >= 11 is 0. The molecule has 0 aliphatic heterocycles. The molecule has 4 nitrogen and oxygen atoms in total. The smallest absolute Gasteiger partial charge is 0.330 e. The Morgan fingerprint density at radius 1 is 1.19 bits per heavy atom. The van der Waals surface area contributed by atoms with Gasteiger partial charge in [0.15, 0.2) is 0 Å². The van der Waals surface area contributed by atoms with Gasteiger partial charge in [-0.1, -0.05) is 32.8 Å². The molecule has 0 aromatic heterocycles. The van der Waals surface area contributed by atoms with E-state index in [9.17, 15) is 9.59 Å². The minimum absolute atomic E-state index is 0.0944. The summed E-state index contributed by atoms with van der Waals surface area (Å²) in [6, 6.07) is 0. The van der Waals surface area contributed by atoms with Crippen LogP contribution in [0.15, 0.2) is 11.6 Å². The third-order valence-electron chi connectivity index (χ3n) is 2.40. The molecule has 0 saturated carbocycles. The Labute approximate surface area is 96.0 Å². The molecule has 0 amide bonds. The second-order valence-corrected chi connectivity index (χ2v) is 4.42. The van der Waals surface area contributed by atoms with Crippen molar-refractivity contribution in [2.75, 3.05) is 0 Å². The highest BCUT2D eigenvalue weighted by Crippen LogP contribution is 2.16. The molecule has 0 aliphatic rings. The Morgan fingerprint density at radius 3 is 2.12 bits per heavy atom. The molecular formula is C12H20O4. The number of carboxylic acid groups (broad SMARTS) is 2. The Bertz CT molecular complexity index is 279. The highest BCUT2D eigenvalue weighted by atomic mass is 16.4. The molecule has 0 bridgehead atoms. The normalized spacial score (nSPS) is 13.9. The van der Waals surface area contributed by atoms with Crippen LogP contribution >= 0.6 is 0 Å². The van der Waals surface area contributed by atoms with E-state index in [-0.39, 0.29) is 5.57 Å². The maximum atomic E-state index is 10.9. The SMILES string of the molecule is C/C(=C\C(CCCC(C)C)C(=O)O)C(=O)O. The Hall–Kier alpha value is -1.32. The molecule has 0 aliphatic carbocycles. The van der Waals surface area contributed by atoms with Crippen LogP contribution in [0.2, 0.25) is 0 Å². The first-order valence-electron chi connectivity index (χ1n) is 5.49. The molecule has 0 saturated heterocycles. The molecule has 0 radical (unpaired) electrons. The molecule has 1 unspecified atom stereocenters. The zero-order valence-corrected chi connectivity index (χ0v) is 10.1. The number of hydrogen-bond donors (Lipinski definition) is 2. The highest BCUT2D eigenvalue weighted by molar-refractivity contribution is 5.87. The minimum atomic E-state index is -1.06. The van der Waals surface area contributed by atoms with Gasteiger partial charge in [0.1, 0.15) is 0 Å². The lowest BCUT2D eigenvalue weighted by molar-refractivity contribution is -0.140. The Morgan fingerprint density at radius 2 is 1.75 bits per heavy atom. The van der Waals surface area contributed by atoms with E-state index in [4.69, 9.17) is 10.2 Å². The highest BCUT2D eigenvalue weighted by Gasteiger charge is 2.16. The van der Waals surface area contributed by atoms with Gasteiger partial charge in [-0.05, 0) is 19.3 Å². The quantitative estimate of drug-likeness (QED) is 0.657. The molecule has 0 heterocycles. The van der Waals surface area contributed by atoms with Crippen molar-refractivity contribution in [1.29, 1.82) is 0 Å². The number of carboxylic acids is 2. The van der Waals surface area contributed by atoms with Crippen molar-refractivity contribution in [2.45, 2.75) is 40.0 Å². The zero-order chi connectivity index (χ0) is 12.7. The fourth-order valence-corrected chi connectivity index (χ4v) is 1.40. The lowest BCUT2D eigenvalue weighted by Gasteiger charge is -2.09. The van der Waals surface area contributed by atoms with Gasteiger partial charge in [0, 0.05) is 5.57 Å². The lowest BCUT2D eigenvalue weighted by Crippen LogP contribution is -2.13. The molecule has 0 rings (SSSR count). The van der Waals surface area contributed by atoms with Crippen molar-refractivity contribution in [3.8, 4) is 0 Å². The molecule has 0 aromatic carbocycles. The number of carbonyl (C=O) groups is 2. The van der Waals surface area contributed by atoms with E-state index in [0.29, 0.717) is 12.3 Å². The van der Waals surface area contributed by atoms with Crippen molar-refractivity contribution < 1.29 is 19.8 Å². The van der Waals surface area contributed by atoms with Gasteiger partial charge >= 0.3 is 11.9 Å². The maximum absolute atomic E-state index is 10.9. The predicted octanol–water partition coefficient (Wildman–Crippen LogP) is 2.54. The summed E-state index contributed by atoms with van der Waals surface area (Å²) in [7, 11) is 0. The molecule has 2 N–H and O–H groups in total. The van der Waals surface area contributed by atoms with E-state index < -0.39 is 17.9 Å². The summed E-state index contributed by atoms with van der Waals surface area (Å²) in [5, 5.41) is 17.6. The fraction of sp³-hybridized carbons (Fsp3) is 0.667. The molecule has 0 spiro atoms. The summed E-state index contributed by atoms with van der Waals surface area (Å²) in [5.41, 5.74) is 0.0944. The van der Waals surface area contributed by atoms with Crippen molar-refractivity contribution in [3.63, 3.8) is 0 Å². The largest absolute Gasteiger partial charge is 0.481 e. The summed E-state index contributed by atoms with van der Waals surface area (Å²) in [6.07, 6.45) is 3.59. The van der Waals surface area contributed by atoms with Gasteiger partial charge in [-0.25, -0.2) is 4.79 Å². The number of aliphatic carboxylic acids is 2. The Balaban J connectivity index is 4.35. The van der Waals surface area contributed by atoms with E-state index in [2.05, 4.69) is 13.8 Å². The minimum Gasteiger partial charge on any atom is -0.481 e. The maximum Gasteiger partial charge on any atom is 0.330 e. The van der Waals surface area contributed by atoms with Crippen molar-refractivity contribution in [1.82, 2.24) is 0 Å². The molecule has 4 heteroatoms. The third-order valence-corrected chi connectivity index (χ3v) is 2.40. The molecule has 92 valence electrons. The van der Waals surface area contributed by atoms with Gasteiger partial charge in [0.25, 0.3) is 0 Å². The summed E-state index contributed by atoms with van der Waals surface area (Å²) in [5.74, 6) is -2.16. The van der Waals surface area contributed by atoms with Crippen molar-refractivity contribution in [2.24, 2.45) is 11.8 Å². The average molecular weight is 228 g/mol. The molecular weight excluding hydrogens is 208 g/mol. The van der Waals surface area contributed by atoms with Crippen LogP contribution in [-0.2, 0) is 9.59 Å². The number of hydrogen-bond acceptors (Lipinski definition) is 2. The Kier molecular flexibility index (Phi) is 6.46. The van der Waals surface area contributed by atoms with Gasteiger partial charge in [-0.2, -0.15) is 0 Å². The average Bonchev–Trinajstić information content (AvgIpc) is 2.14. The van der Waals surface area contributed by atoms with E-state index in [0.717, 1.165) is 12.8 Å². The molecule has 16 heavy (non-hydrogen) atoms. The second-order valence-electron chi connectivity index (χ2n) is 4.42. The standard InChI is InChI=1S/C12H20O4/c1-8(2)5-4-6-10(12(15)16)7-9(3)11(13)14/h7-8,10H,4-6H2,1-3H3,(H,13,14)(H,15,16)/b9-7+. The van der Waals surface area contributed by atoms with Crippen LogP contribution in [0, 0.1) is 11.8 Å². The van der Waals surface area contributed by atoms with Crippen molar-refractivity contribution >= 4 is 11.9 Å². The van der Waals surface area contributed by atoms with Gasteiger partial charge in [0.05, 0.1) is 5.92 Å². The monoisotopic (exact) mass is 228 g/mol. The number of rotatable bonds is 7. The van der Waals surface area contributed by atoms with Gasteiger partial charge < -0.3 is 10.2 Å². The van der Waals surface area contributed by atoms with Crippen molar-refractivity contribution in [3.05, 3.63) is 11.6 Å². The summed E-state index contributed by atoms with van der Waals surface area (Å²) < 4.78 is 0. The van der Waals surface area contributed by atoms with Crippen LogP contribution in [0.4, 0.5) is 0 Å².